The van der Waals surface area contributed by atoms with Crippen LogP contribution >= 0.6 is 0 Å². The summed E-state index contributed by atoms with van der Waals surface area (Å²) in [6.45, 7) is 1.53. The van der Waals surface area contributed by atoms with Crippen LogP contribution in [0.1, 0.15) is 25.3 Å². The van der Waals surface area contributed by atoms with Crippen molar-refractivity contribution in [3.8, 4) is 6.07 Å². The number of hydrogen-bond acceptors (Lipinski definition) is 6. The van der Waals surface area contributed by atoms with E-state index in [9.17, 15) is 22.7 Å². The van der Waals surface area contributed by atoms with Gasteiger partial charge in [0.1, 0.15) is 16.5 Å². The summed E-state index contributed by atoms with van der Waals surface area (Å²) < 4.78 is 42.0. The van der Waals surface area contributed by atoms with Crippen LogP contribution in [0.25, 0.3) is 0 Å². The molecule has 168 valence electrons. The number of aromatic nitrogens is 1. The second-order valence-electron chi connectivity index (χ2n) is 7.57. The highest BCUT2D eigenvalue weighted by molar-refractivity contribution is 7.89. The Hall–Kier alpha value is -3.97. The van der Waals surface area contributed by atoms with Gasteiger partial charge in [0.25, 0.3) is 10.0 Å². The number of allylic oxidation sites excluding steroid dienone is 3. The number of nitrogens with zero attached hydrogens (tertiary/aromatic N) is 3. The number of sulfonamides is 1. The van der Waals surface area contributed by atoms with Gasteiger partial charge < -0.3 is 10.4 Å². The molecule has 1 aliphatic carbocycles. The van der Waals surface area contributed by atoms with Crippen LogP contribution in [0.5, 0.6) is 0 Å². The molecule has 0 bridgehead atoms. The maximum Gasteiger partial charge on any atom is 0.307 e. The van der Waals surface area contributed by atoms with Crippen LogP contribution in [0.4, 0.5) is 15.9 Å². The highest BCUT2D eigenvalue weighted by atomic mass is 32.2. The molecule has 0 saturated carbocycles. The summed E-state index contributed by atoms with van der Waals surface area (Å²) in [5.74, 6) is -1.27. The maximum atomic E-state index is 13.9. The summed E-state index contributed by atoms with van der Waals surface area (Å²) in [6.07, 6.45) is 3.38. The van der Waals surface area contributed by atoms with Crippen molar-refractivity contribution in [3.63, 3.8) is 0 Å². The Morgan fingerprint density at radius 1 is 1.36 bits per heavy atom. The normalized spacial score (nSPS) is 17.7. The number of nitriles is 1. The lowest BCUT2D eigenvalue weighted by molar-refractivity contribution is -0.136. The first-order valence-corrected chi connectivity index (χ1v) is 11.4. The average molecular weight is 466 g/mol. The van der Waals surface area contributed by atoms with Crippen LogP contribution in [-0.4, -0.2) is 34.8 Å². The maximum absolute atomic E-state index is 13.9. The number of carboxylic acid groups (broad SMARTS) is 1. The quantitative estimate of drug-likeness (QED) is 0.659. The molecule has 33 heavy (non-hydrogen) atoms. The van der Waals surface area contributed by atoms with E-state index in [0.717, 1.165) is 4.31 Å². The smallest absolute Gasteiger partial charge is 0.307 e. The number of fused-ring (bicyclic) bond motifs is 1. The lowest BCUT2D eigenvalue weighted by Gasteiger charge is -2.29. The topological polar surface area (TPSA) is 123 Å². The number of hydrogen-bond donors (Lipinski definition) is 2. The van der Waals surface area contributed by atoms with Gasteiger partial charge >= 0.3 is 5.97 Å². The summed E-state index contributed by atoms with van der Waals surface area (Å²) in [6, 6.07) is 11.0. The van der Waals surface area contributed by atoms with E-state index in [1.165, 1.54) is 37.4 Å². The minimum absolute atomic E-state index is 0.0795. The molecular weight excluding hydrogens is 447 g/mol. The summed E-state index contributed by atoms with van der Waals surface area (Å²) in [7, 11) is -4.09. The van der Waals surface area contributed by atoms with Crippen molar-refractivity contribution < 1.29 is 22.7 Å². The van der Waals surface area contributed by atoms with Crippen molar-refractivity contribution in [3.05, 3.63) is 83.0 Å². The molecule has 1 aromatic carbocycles. The zero-order valence-corrected chi connectivity index (χ0v) is 18.3. The number of benzene rings is 1. The predicted molar refractivity (Wildman–Crippen MR) is 118 cm³/mol. The molecule has 1 atom stereocenters. The van der Waals surface area contributed by atoms with E-state index in [1.54, 1.807) is 24.3 Å². The second-order valence-corrected chi connectivity index (χ2v) is 9.39. The lowest BCUT2D eigenvalue weighted by atomic mass is 9.93. The number of carboxylic acids is 1. The van der Waals surface area contributed by atoms with E-state index in [4.69, 9.17) is 5.26 Å². The largest absolute Gasteiger partial charge is 0.481 e. The van der Waals surface area contributed by atoms with E-state index < -0.39 is 34.3 Å². The zero-order valence-electron chi connectivity index (χ0n) is 17.5. The summed E-state index contributed by atoms with van der Waals surface area (Å²) >= 11 is 0. The Morgan fingerprint density at radius 2 is 2.15 bits per heavy atom. The van der Waals surface area contributed by atoms with Crippen LogP contribution < -0.4 is 5.32 Å². The predicted octanol–water partition coefficient (Wildman–Crippen LogP) is 4.00. The van der Waals surface area contributed by atoms with E-state index in [-0.39, 0.29) is 17.0 Å². The van der Waals surface area contributed by atoms with Crippen molar-refractivity contribution in [1.82, 2.24) is 9.29 Å². The summed E-state index contributed by atoms with van der Waals surface area (Å²) in [5.41, 5.74) is 2.01. The van der Waals surface area contributed by atoms with Gasteiger partial charge in [-0.15, -0.1) is 0 Å². The Bertz CT molecular complexity index is 1370. The number of nitrogens with one attached hydrogen (secondary N) is 1. The van der Waals surface area contributed by atoms with Gasteiger partial charge in [-0.25, -0.2) is 17.8 Å². The number of pyridine rings is 1. The minimum Gasteiger partial charge on any atom is -0.481 e. The van der Waals surface area contributed by atoms with Crippen LogP contribution in [0, 0.1) is 11.3 Å². The molecule has 0 amide bonds. The van der Waals surface area contributed by atoms with Gasteiger partial charge in [0, 0.05) is 17.6 Å². The van der Waals surface area contributed by atoms with Crippen molar-refractivity contribution >= 4 is 27.5 Å². The van der Waals surface area contributed by atoms with Crippen molar-refractivity contribution in [1.29, 1.82) is 5.26 Å². The Balaban J connectivity index is 1.65. The third kappa shape index (κ3) is 4.23. The zero-order chi connectivity index (χ0) is 23.8. The molecule has 0 fully saturated rings. The fourth-order valence-electron chi connectivity index (χ4n) is 4.00. The number of rotatable bonds is 6. The van der Waals surface area contributed by atoms with Crippen LogP contribution in [-0.2, 0) is 14.8 Å². The molecule has 10 heteroatoms. The molecule has 2 N–H and O–H groups in total. The van der Waals surface area contributed by atoms with Crippen LogP contribution in [0.2, 0.25) is 0 Å². The molecule has 2 aliphatic rings. The molecule has 0 radical (unpaired) electrons. The standard InChI is InChI=1S/C23H19FN4O4S/c1-14-19(11-23(29)30)20-10-16(24)5-7-21(20)28(14)33(31,32)18-6-8-22(26-13-18)27-17-4-2-3-15(9-17)12-25/h2-6,8-10,13,21H,7,11H2,1H3,(H,26,27)(H,29,30). The average Bonchev–Trinajstić information content (AvgIpc) is 3.05. The molecule has 4 rings (SSSR count). The summed E-state index contributed by atoms with van der Waals surface area (Å²) in [5, 5.41) is 21.3. The monoisotopic (exact) mass is 466 g/mol. The van der Waals surface area contributed by atoms with Crippen molar-refractivity contribution in [2.45, 2.75) is 30.7 Å². The fraction of sp³-hybridized carbons (Fsp3) is 0.174. The van der Waals surface area contributed by atoms with E-state index in [0.29, 0.717) is 28.2 Å². The second kappa shape index (κ2) is 8.52. The van der Waals surface area contributed by atoms with Gasteiger partial charge in [0.2, 0.25) is 0 Å². The van der Waals surface area contributed by atoms with Gasteiger partial charge in [-0.05, 0) is 67.0 Å². The Kier molecular flexibility index (Phi) is 5.74. The Morgan fingerprint density at radius 3 is 2.82 bits per heavy atom. The first-order chi connectivity index (χ1) is 15.7. The molecule has 1 aliphatic heterocycles. The number of halogens is 1. The molecule has 0 spiro atoms. The van der Waals surface area contributed by atoms with Crippen LogP contribution in [0.3, 0.4) is 0 Å². The minimum atomic E-state index is -4.09. The molecule has 2 aromatic rings. The van der Waals surface area contributed by atoms with Gasteiger partial charge in [-0.2, -0.15) is 5.26 Å². The Labute approximate surface area is 190 Å². The van der Waals surface area contributed by atoms with Gasteiger partial charge in [0.15, 0.2) is 0 Å². The third-order valence-electron chi connectivity index (χ3n) is 5.47. The fourth-order valence-corrected chi connectivity index (χ4v) is 5.66. The molecule has 2 heterocycles. The SMILES string of the molecule is CC1=C(CC(=O)O)C2=CC(F)=CCC2N1S(=O)(=O)c1ccc(Nc2cccc(C#N)c2)nc1. The van der Waals surface area contributed by atoms with E-state index >= 15 is 0 Å². The first kappa shape index (κ1) is 22.2. The summed E-state index contributed by atoms with van der Waals surface area (Å²) in [4.78, 5) is 15.4. The van der Waals surface area contributed by atoms with Gasteiger partial charge in [0.05, 0.1) is 24.1 Å². The van der Waals surface area contributed by atoms with Crippen molar-refractivity contribution in [2.75, 3.05) is 5.32 Å². The first-order valence-electron chi connectivity index (χ1n) is 9.97. The number of carbonyl (C=O) groups is 1. The van der Waals surface area contributed by atoms with Gasteiger partial charge in [-0.1, -0.05) is 6.07 Å². The number of anilines is 2. The van der Waals surface area contributed by atoms with E-state index in [1.807, 2.05) is 6.07 Å². The lowest BCUT2D eigenvalue weighted by Crippen LogP contribution is -2.36. The molecular formula is C23H19FN4O4S. The van der Waals surface area contributed by atoms with Crippen molar-refractivity contribution in [2.24, 2.45) is 0 Å². The van der Waals surface area contributed by atoms with E-state index in [2.05, 4.69) is 10.3 Å². The highest BCUT2D eigenvalue weighted by Gasteiger charge is 2.42. The third-order valence-corrected chi connectivity index (χ3v) is 7.36. The van der Waals surface area contributed by atoms with Crippen LogP contribution in [0.15, 0.2) is 82.3 Å². The molecule has 1 aromatic heterocycles. The molecule has 0 saturated heterocycles. The highest BCUT2D eigenvalue weighted by Crippen LogP contribution is 2.43. The number of aliphatic carboxylic acids is 1. The molecule has 8 nitrogen and oxygen atoms in total. The van der Waals surface area contributed by atoms with Gasteiger partial charge in [-0.3, -0.25) is 9.10 Å². The molecule has 1 unspecified atom stereocenters.